The van der Waals surface area contributed by atoms with E-state index in [1.54, 1.807) is 19.2 Å². The average Bonchev–Trinajstić information content (AvgIpc) is 2.92. The van der Waals surface area contributed by atoms with Gasteiger partial charge in [-0.1, -0.05) is 42.7 Å². The van der Waals surface area contributed by atoms with Crippen molar-refractivity contribution >= 4 is 5.57 Å². The number of phenolic OH excluding ortho intramolecular Hbond substituents is 1. The van der Waals surface area contributed by atoms with Crippen molar-refractivity contribution in [2.45, 2.75) is 38.5 Å². The van der Waals surface area contributed by atoms with Gasteiger partial charge in [-0.05, 0) is 66.6 Å². The maximum atomic E-state index is 9.64. The van der Waals surface area contributed by atoms with Crippen LogP contribution in [0.3, 0.4) is 0 Å². The minimum absolute atomic E-state index is 0.255. The largest absolute Gasteiger partial charge is 0.508 e. The fourth-order valence-corrected chi connectivity index (χ4v) is 3.45. The highest BCUT2D eigenvalue weighted by molar-refractivity contribution is 5.82. The van der Waals surface area contributed by atoms with Crippen LogP contribution < -0.4 is 4.74 Å². The lowest BCUT2D eigenvalue weighted by Gasteiger charge is -2.16. The summed E-state index contributed by atoms with van der Waals surface area (Å²) >= 11 is 0. The van der Waals surface area contributed by atoms with E-state index < -0.39 is 0 Å². The fraction of sp³-hybridized carbons (Fsp3) is 0.364. The van der Waals surface area contributed by atoms with E-state index >= 15 is 0 Å². The predicted molar refractivity (Wildman–Crippen MR) is 101 cm³/mol. The minimum atomic E-state index is 0.255. The number of hydrogen-bond donors (Lipinski definition) is 1. The molecule has 0 spiro atoms. The molecule has 3 rings (SSSR count). The first-order valence-corrected chi connectivity index (χ1v) is 9.01. The van der Waals surface area contributed by atoms with Gasteiger partial charge in [0.05, 0.1) is 0 Å². The number of ether oxygens (including phenoxy) is 2. The molecule has 0 saturated heterocycles. The van der Waals surface area contributed by atoms with Gasteiger partial charge in [0.2, 0.25) is 0 Å². The van der Waals surface area contributed by atoms with Crippen molar-refractivity contribution in [2.24, 2.45) is 0 Å². The Morgan fingerprint density at radius 2 is 1.40 bits per heavy atom. The van der Waals surface area contributed by atoms with Gasteiger partial charge in [-0.15, -0.1) is 0 Å². The van der Waals surface area contributed by atoms with E-state index in [0.29, 0.717) is 5.75 Å². The number of benzene rings is 2. The summed E-state index contributed by atoms with van der Waals surface area (Å²) in [7, 11) is 1.62. The fourth-order valence-electron chi connectivity index (χ4n) is 3.45. The molecule has 0 heterocycles. The molecule has 3 nitrogen and oxygen atoms in total. The van der Waals surface area contributed by atoms with Gasteiger partial charge in [0.1, 0.15) is 11.5 Å². The number of aromatic hydroxyl groups is 1. The van der Waals surface area contributed by atoms with Gasteiger partial charge < -0.3 is 14.6 Å². The van der Waals surface area contributed by atoms with Crippen LogP contribution in [0.25, 0.3) is 5.57 Å². The Kier molecular flexibility index (Phi) is 6.13. The second-order valence-electron chi connectivity index (χ2n) is 6.51. The average molecular weight is 338 g/mol. The molecule has 132 valence electrons. The summed E-state index contributed by atoms with van der Waals surface area (Å²) < 4.78 is 10.5. The van der Waals surface area contributed by atoms with Crippen molar-refractivity contribution < 1.29 is 14.6 Å². The SMILES string of the molecule is COCOc1ccc(C(=C2CCCCCC2)c2ccc(O)cc2)cc1. The zero-order valence-corrected chi connectivity index (χ0v) is 14.8. The van der Waals surface area contributed by atoms with E-state index in [9.17, 15) is 5.11 Å². The number of allylic oxidation sites excluding steroid dienone is 1. The summed E-state index contributed by atoms with van der Waals surface area (Å²) in [5.74, 6) is 1.11. The van der Waals surface area contributed by atoms with Crippen LogP contribution in [0.1, 0.15) is 49.7 Å². The first-order valence-electron chi connectivity index (χ1n) is 9.01. The van der Waals surface area contributed by atoms with Gasteiger partial charge in [0, 0.05) is 7.11 Å². The zero-order chi connectivity index (χ0) is 17.5. The normalized spacial score (nSPS) is 14.8. The smallest absolute Gasteiger partial charge is 0.188 e. The van der Waals surface area contributed by atoms with Crippen LogP contribution in [-0.2, 0) is 4.74 Å². The Labute approximate surface area is 149 Å². The molecule has 2 aromatic rings. The third kappa shape index (κ3) is 4.64. The third-order valence-corrected chi connectivity index (χ3v) is 4.70. The second-order valence-corrected chi connectivity index (χ2v) is 6.51. The van der Waals surface area contributed by atoms with E-state index in [2.05, 4.69) is 12.1 Å². The van der Waals surface area contributed by atoms with Gasteiger partial charge in [-0.25, -0.2) is 0 Å². The first kappa shape index (κ1) is 17.6. The summed E-state index contributed by atoms with van der Waals surface area (Å²) in [6.07, 6.45) is 7.44. The van der Waals surface area contributed by atoms with Crippen molar-refractivity contribution in [1.29, 1.82) is 0 Å². The van der Waals surface area contributed by atoms with Crippen LogP contribution >= 0.6 is 0 Å². The molecule has 3 heteroatoms. The molecule has 2 aromatic carbocycles. The van der Waals surface area contributed by atoms with Gasteiger partial charge in [-0.2, -0.15) is 0 Å². The molecule has 0 aliphatic heterocycles. The molecule has 1 saturated carbocycles. The summed E-state index contributed by atoms with van der Waals surface area (Å²) in [4.78, 5) is 0. The maximum absolute atomic E-state index is 9.64. The minimum Gasteiger partial charge on any atom is -0.508 e. The van der Waals surface area contributed by atoms with Gasteiger partial charge in [-0.3, -0.25) is 0 Å². The highest BCUT2D eigenvalue weighted by Crippen LogP contribution is 2.35. The number of rotatable bonds is 5. The number of hydrogen-bond acceptors (Lipinski definition) is 3. The first-order chi connectivity index (χ1) is 12.3. The summed E-state index contributed by atoms with van der Waals surface area (Å²) in [6, 6.07) is 15.8. The summed E-state index contributed by atoms with van der Waals surface area (Å²) in [5.41, 5.74) is 5.20. The summed E-state index contributed by atoms with van der Waals surface area (Å²) in [5, 5.41) is 9.64. The Balaban J connectivity index is 1.98. The number of methoxy groups -OCH3 is 1. The molecule has 1 aliphatic rings. The molecular formula is C22H26O3. The lowest BCUT2D eigenvalue weighted by molar-refractivity contribution is 0.0511. The lowest BCUT2D eigenvalue weighted by Crippen LogP contribution is -1.99. The molecule has 1 aliphatic carbocycles. The van der Waals surface area contributed by atoms with Crippen LogP contribution in [0, 0.1) is 0 Å². The van der Waals surface area contributed by atoms with E-state index in [1.165, 1.54) is 48.0 Å². The van der Waals surface area contributed by atoms with Crippen LogP contribution in [0.4, 0.5) is 0 Å². The molecule has 0 aromatic heterocycles. The van der Waals surface area contributed by atoms with Crippen molar-refractivity contribution in [1.82, 2.24) is 0 Å². The molecule has 25 heavy (non-hydrogen) atoms. The quantitative estimate of drug-likeness (QED) is 0.575. The highest BCUT2D eigenvalue weighted by Gasteiger charge is 2.14. The Morgan fingerprint density at radius 3 is 1.96 bits per heavy atom. The molecule has 1 fully saturated rings. The maximum Gasteiger partial charge on any atom is 0.188 e. The Bertz CT molecular complexity index is 689. The highest BCUT2D eigenvalue weighted by atomic mass is 16.7. The van der Waals surface area contributed by atoms with Crippen LogP contribution in [0.15, 0.2) is 54.1 Å². The number of phenols is 1. The van der Waals surface area contributed by atoms with Crippen molar-refractivity contribution in [2.75, 3.05) is 13.9 Å². The molecule has 0 unspecified atom stereocenters. The third-order valence-electron chi connectivity index (χ3n) is 4.70. The van der Waals surface area contributed by atoms with Gasteiger partial charge in [0.15, 0.2) is 6.79 Å². The molecule has 0 radical (unpaired) electrons. The Hall–Kier alpha value is -2.26. The van der Waals surface area contributed by atoms with Gasteiger partial charge in [0.25, 0.3) is 0 Å². The topological polar surface area (TPSA) is 38.7 Å². The predicted octanol–water partition coefficient (Wildman–Crippen LogP) is 5.53. The second kappa shape index (κ2) is 8.72. The molecule has 0 bridgehead atoms. The van der Waals surface area contributed by atoms with E-state index in [1.807, 2.05) is 24.3 Å². The monoisotopic (exact) mass is 338 g/mol. The van der Waals surface area contributed by atoms with Crippen molar-refractivity contribution in [3.8, 4) is 11.5 Å². The Morgan fingerprint density at radius 1 is 0.840 bits per heavy atom. The van der Waals surface area contributed by atoms with Crippen molar-refractivity contribution in [3.05, 3.63) is 65.2 Å². The standard InChI is InChI=1S/C22H26O3/c1-24-16-25-21-14-10-19(11-15-21)22(17-6-4-2-3-5-7-17)18-8-12-20(23)13-9-18/h8-15,23H,2-7,16H2,1H3. The van der Waals surface area contributed by atoms with E-state index in [0.717, 1.165) is 18.6 Å². The summed E-state index contributed by atoms with van der Waals surface area (Å²) in [6.45, 7) is 0.255. The van der Waals surface area contributed by atoms with E-state index in [-0.39, 0.29) is 6.79 Å². The van der Waals surface area contributed by atoms with Crippen LogP contribution in [0.2, 0.25) is 0 Å². The molecule has 1 N–H and O–H groups in total. The molecule has 0 atom stereocenters. The van der Waals surface area contributed by atoms with E-state index in [4.69, 9.17) is 9.47 Å². The molecule has 0 amide bonds. The van der Waals surface area contributed by atoms with Gasteiger partial charge >= 0.3 is 0 Å². The van der Waals surface area contributed by atoms with Crippen LogP contribution in [-0.4, -0.2) is 19.0 Å². The zero-order valence-electron chi connectivity index (χ0n) is 14.8. The van der Waals surface area contributed by atoms with Crippen molar-refractivity contribution in [3.63, 3.8) is 0 Å². The lowest BCUT2D eigenvalue weighted by atomic mass is 9.89. The van der Waals surface area contributed by atoms with Crippen LogP contribution in [0.5, 0.6) is 11.5 Å². The molecular weight excluding hydrogens is 312 g/mol.